The van der Waals surface area contributed by atoms with E-state index in [1.165, 1.54) is 11.3 Å². The number of nitrogens with one attached hydrogen (secondary N) is 2. The summed E-state index contributed by atoms with van der Waals surface area (Å²) < 4.78 is 3.63. The predicted octanol–water partition coefficient (Wildman–Crippen LogP) is 2.90. The van der Waals surface area contributed by atoms with E-state index in [-0.39, 0.29) is 12.1 Å². The summed E-state index contributed by atoms with van der Waals surface area (Å²) in [5, 5.41) is 14.4. The largest absolute Gasteiger partial charge is 0.330 e. The summed E-state index contributed by atoms with van der Waals surface area (Å²) in [4.78, 5) is 17.6. The van der Waals surface area contributed by atoms with E-state index < -0.39 is 0 Å². The maximum atomic E-state index is 12.3. The number of carbonyl (C=O) groups excluding carboxylic acids is 1. The Morgan fingerprint density at radius 3 is 2.92 bits per heavy atom. The lowest BCUT2D eigenvalue weighted by molar-refractivity contribution is 0.249. The van der Waals surface area contributed by atoms with E-state index in [4.69, 9.17) is 0 Å². The first-order valence-electron chi connectivity index (χ1n) is 7.90. The lowest BCUT2D eigenvalue weighted by Gasteiger charge is -2.13. The summed E-state index contributed by atoms with van der Waals surface area (Å²) in [5.74, 6) is 0. The fourth-order valence-corrected chi connectivity index (χ4v) is 3.20. The van der Waals surface area contributed by atoms with E-state index >= 15 is 0 Å². The van der Waals surface area contributed by atoms with E-state index in [1.807, 2.05) is 31.6 Å². The Labute approximate surface area is 143 Å². The van der Waals surface area contributed by atoms with Gasteiger partial charge in [-0.05, 0) is 27.2 Å². The molecule has 8 nitrogen and oxygen atoms in total. The fraction of sp³-hybridized carbons (Fsp3) is 0.467. The molecule has 1 atom stereocenters. The van der Waals surface area contributed by atoms with Gasteiger partial charge in [-0.2, -0.15) is 10.2 Å². The molecule has 0 aliphatic rings. The van der Waals surface area contributed by atoms with Crippen LogP contribution < -0.4 is 10.6 Å². The van der Waals surface area contributed by atoms with Gasteiger partial charge in [0.1, 0.15) is 5.51 Å². The summed E-state index contributed by atoms with van der Waals surface area (Å²) in [5.41, 5.74) is 5.05. The van der Waals surface area contributed by atoms with Gasteiger partial charge in [-0.25, -0.2) is 14.3 Å². The minimum absolute atomic E-state index is 0.217. The van der Waals surface area contributed by atoms with Gasteiger partial charge in [-0.15, -0.1) is 0 Å². The number of fused-ring (bicyclic) bond motifs is 1. The van der Waals surface area contributed by atoms with Crippen LogP contribution in [-0.4, -0.2) is 30.4 Å². The minimum atomic E-state index is -0.269. The Morgan fingerprint density at radius 1 is 1.42 bits per heavy atom. The summed E-state index contributed by atoms with van der Waals surface area (Å²) in [6, 6.07) is -0.487. The first-order valence-corrected chi connectivity index (χ1v) is 8.77. The van der Waals surface area contributed by atoms with E-state index in [0.29, 0.717) is 0 Å². The average Bonchev–Trinajstić information content (AvgIpc) is 3.18. The molecular weight excluding hydrogens is 326 g/mol. The number of amides is 2. The first-order chi connectivity index (χ1) is 11.5. The van der Waals surface area contributed by atoms with Crippen LogP contribution in [0.1, 0.15) is 43.4 Å². The Morgan fingerprint density at radius 2 is 2.21 bits per heavy atom. The topological polar surface area (TPSA) is 89.1 Å². The average molecular weight is 347 g/mol. The van der Waals surface area contributed by atoms with Crippen molar-refractivity contribution >= 4 is 28.0 Å². The van der Waals surface area contributed by atoms with E-state index in [0.717, 1.165) is 40.7 Å². The Kier molecular flexibility index (Phi) is 4.52. The lowest BCUT2D eigenvalue weighted by Crippen LogP contribution is -2.31. The van der Waals surface area contributed by atoms with Crippen LogP contribution in [0.4, 0.5) is 10.5 Å². The second-order valence-corrected chi connectivity index (χ2v) is 6.53. The first kappa shape index (κ1) is 16.4. The van der Waals surface area contributed by atoms with Crippen molar-refractivity contribution in [2.75, 3.05) is 5.32 Å². The van der Waals surface area contributed by atoms with Crippen LogP contribution in [0, 0.1) is 13.8 Å². The number of hydrogen-bond donors (Lipinski definition) is 2. The van der Waals surface area contributed by atoms with Gasteiger partial charge in [-0.1, -0.05) is 18.3 Å². The molecule has 3 aromatic rings. The highest BCUT2D eigenvalue weighted by atomic mass is 32.1. The molecule has 24 heavy (non-hydrogen) atoms. The quantitative estimate of drug-likeness (QED) is 0.743. The number of carbonyl (C=O) groups is 1. The maximum absolute atomic E-state index is 12.3. The zero-order valence-corrected chi connectivity index (χ0v) is 15.0. The Bertz CT molecular complexity index is 834. The summed E-state index contributed by atoms with van der Waals surface area (Å²) >= 11 is 1.46. The molecule has 0 unspecified atom stereocenters. The van der Waals surface area contributed by atoms with Gasteiger partial charge in [0, 0.05) is 6.54 Å². The van der Waals surface area contributed by atoms with Crippen LogP contribution in [0.3, 0.4) is 0 Å². The SMILES string of the molecule is CCCn1nc(C)c(NC(=O)N[C@@H](C)c2cn3ncsc3n2)c1C. The number of imidazole rings is 1. The number of rotatable bonds is 5. The van der Waals surface area contributed by atoms with Crippen LogP contribution in [0.25, 0.3) is 4.96 Å². The predicted molar refractivity (Wildman–Crippen MR) is 93.4 cm³/mol. The van der Waals surface area contributed by atoms with Gasteiger partial charge in [0.05, 0.1) is 35.0 Å². The molecule has 0 saturated carbocycles. The molecule has 3 heterocycles. The van der Waals surface area contributed by atoms with Gasteiger partial charge in [-0.3, -0.25) is 4.68 Å². The van der Waals surface area contributed by atoms with Crippen molar-refractivity contribution in [2.24, 2.45) is 0 Å². The van der Waals surface area contributed by atoms with Crippen LogP contribution in [0.5, 0.6) is 0 Å². The normalized spacial score (nSPS) is 12.5. The van der Waals surface area contributed by atoms with Crippen LogP contribution in [-0.2, 0) is 6.54 Å². The van der Waals surface area contributed by atoms with Crippen molar-refractivity contribution in [3.05, 3.63) is 28.8 Å². The van der Waals surface area contributed by atoms with Gasteiger partial charge in [0.15, 0.2) is 0 Å². The summed E-state index contributed by atoms with van der Waals surface area (Å²) in [6.45, 7) is 8.69. The fourth-order valence-electron chi connectivity index (χ4n) is 2.59. The van der Waals surface area contributed by atoms with Crippen molar-refractivity contribution < 1.29 is 4.79 Å². The van der Waals surface area contributed by atoms with Crippen LogP contribution in [0.15, 0.2) is 11.7 Å². The van der Waals surface area contributed by atoms with Crippen LogP contribution >= 0.6 is 11.3 Å². The van der Waals surface area contributed by atoms with Crippen molar-refractivity contribution in [2.45, 2.75) is 46.7 Å². The Hall–Kier alpha value is -2.42. The number of nitrogens with zero attached hydrogens (tertiary/aromatic N) is 5. The van der Waals surface area contributed by atoms with Crippen molar-refractivity contribution in [3.63, 3.8) is 0 Å². The number of aromatic nitrogens is 5. The van der Waals surface area contributed by atoms with E-state index in [1.54, 1.807) is 10.0 Å². The lowest BCUT2D eigenvalue weighted by atomic mass is 10.2. The van der Waals surface area contributed by atoms with Crippen molar-refractivity contribution in [1.29, 1.82) is 0 Å². The summed E-state index contributed by atoms with van der Waals surface area (Å²) in [6.07, 6.45) is 2.82. The number of aryl methyl sites for hydroxylation is 2. The van der Waals surface area contributed by atoms with Gasteiger partial charge < -0.3 is 10.6 Å². The molecular formula is C15H21N7OS. The highest BCUT2D eigenvalue weighted by molar-refractivity contribution is 7.14. The second kappa shape index (κ2) is 6.60. The molecule has 0 aliphatic carbocycles. The maximum Gasteiger partial charge on any atom is 0.319 e. The molecule has 0 radical (unpaired) electrons. The van der Waals surface area contributed by atoms with Gasteiger partial charge >= 0.3 is 6.03 Å². The molecule has 0 saturated heterocycles. The molecule has 0 aliphatic heterocycles. The van der Waals surface area contributed by atoms with E-state index in [9.17, 15) is 4.79 Å². The number of urea groups is 1. The van der Waals surface area contributed by atoms with Gasteiger partial charge in [0.25, 0.3) is 0 Å². The molecule has 3 aromatic heterocycles. The molecule has 2 amide bonds. The second-order valence-electron chi connectivity index (χ2n) is 5.72. The highest BCUT2D eigenvalue weighted by Crippen LogP contribution is 2.20. The molecule has 0 spiro atoms. The molecule has 128 valence electrons. The van der Waals surface area contributed by atoms with Crippen LogP contribution in [0.2, 0.25) is 0 Å². The molecule has 2 N–H and O–H groups in total. The smallest absolute Gasteiger partial charge is 0.319 e. The van der Waals surface area contributed by atoms with Gasteiger partial charge in [0.2, 0.25) is 4.96 Å². The Balaban J connectivity index is 1.68. The number of hydrogen-bond acceptors (Lipinski definition) is 5. The third-order valence-electron chi connectivity index (χ3n) is 3.85. The summed E-state index contributed by atoms with van der Waals surface area (Å²) in [7, 11) is 0. The number of anilines is 1. The molecule has 0 bridgehead atoms. The zero-order valence-electron chi connectivity index (χ0n) is 14.2. The molecule has 0 aromatic carbocycles. The third-order valence-corrected chi connectivity index (χ3v) is 4.54. The third kappa shape index (κ3) is 3.12. The standard InChI is InChI=1S/C15H21N7OS/c1-5-6-21-11(4)13(10(3)20-21)19-14(23)17-9(2)12-7-22-15(18-12)24-8-16-22/h7-9H,5-6H2,1-4H3,(H2,17,19,23)/t9-/m0/s1. The van der Waals surface area contributed by atoms with Crippen molar-refractivity contribution in [3.8, 4) is 0 Å². The molecule has 3 rings (SSSR count). The molecule has 9 heteroatoms. The van der Waals surface area contributed by atoms with Crippen molar-refractivity contribution in [1.82, 2.24) is 29.7 Å². The zero-order chi connectivity index (χ0) is 17.3. The molecule has 0 fully saturated rings. The minimum Gasteiger partial charge on any atom is -0.330 e. The highest BCUT2D eigenvalue weighted by Gasteiger charge is 2.17. The van der Waals surface area contributed by atoms with E-state index in [2.05, 4.69) is 32.7 Å². The monoisotopic (exact) mass is 347 g/mol.